The van der Waals surface area contributed by atoms with Gasteiger partial charge < -0.3 is 4.98 Å². The van der Waals surface area contributed by atoms with Gasteiger partial charge in [-0.15, -0.1) is 0 Å². The van der Waals surface area contributed by atoms with Gasteiger partial charge in [-0.25, -0.2) is 18.1 Å². The summed E-state index contributed by atoms with van der Waals surface area (Å²) in [6.45, 7) is 0.231. The topological polar surface area (TPSA) is 74.8 Å². The van der Waals surface area contributed by atoms with Gasteiger partial charge in [-0.2, -0.15) is 0 Å². The molecule has 0 atom stereocenters. The lowest BCUT2D eigenvalue weighted by molar-refractivity contribution is 0.581. The molecule has 2 heterocycles. The SMILES string of the molecule is O=S(=O)(NCc1cc[nH]c1)c1ccc(Cl)nc1. The maximum absolute atomic E-state index is 11.8. The van der Waals surface area contributed by atoms with E-state index in [4.69, 9.17) is 11.6 Å². The highest BCUT2D eigenvalue weighted by molar-refractivity contribution is 7.89. The summed E-state index contributed by atoms with van der Waals surface area (Å²) in [5.74, 6) is 0. The van der Waals surface area contributed by atoms with Gasteiger partial charge in [0.05, 0.1) is 0 Å². The van der Waals surface area contributed by atoms with Crippen LogP contribution in [0.1, 0.15) is 5.56 Å². The number of aromatic nitrogens is 2. The first kappa shape index (κ1) is 12.1. The molecule has 0 amide bonds. The number of sulfonamides is 1. The second-order valence-electron chi connectivity index (χ2n) is 3.36. The summed E-state index contributed by atoms with van der Waals surface area (Å²) in [6, 6.07) is 4.64. The summed E-state index contributed by atoms with van der Waals surface area (Å²) in [7, 11) is -3.54. The molecule has 17 heavy (non-hydrogen) atoms. The Morgan fingerprint density at radius 2 is 2.18 bits per heavy atom. The van der Waals surface area contributed by atoms with Crippen LogP contribution in [-0.4, -0.2) is 18.4 Å². The van der Waals surface area contributed by atoms with Gasteiger partial charge in [-0.1, -0.05) is 11.6 Å². The highest BCUT2D eigenvalue weighted by Crippen LogP contribution is 2.11. The molecule has 0 aliphatic heterocycles. The van der Waals surface area contributed by atoms with E-state index in [1.165, 1.54) is 18.3 Å². The van der Waals surface area contributed by atoms with Gasteiger partial charge in [0, 0.05) is 25.1 Å². The Hall–Kier alpha value is -1.37. The van der Waals surface area contributed by atoms with Gasteiger partial charge >= 0.3 is 0 Å². The van der Waals surface area contributed by atoms with Crippen LogP contribution in [0.15, 0.2) is 41.7 Å². The zero-order valence-corrected chi connectivity index (χ0v) is 10.3. The quantitative estimate of drug-likeness (QED) is 0.829. The summed E-state index contributed by atoms with van der Waals surface area (Å²) in [4.78, 5) is 6.67. The molecule has 0 radical (unpaired) electrons. The van der Waals surface area contributed by atoms with Crippen LogP contribution < -0.4 is 4.72 Å². The molecule has 2 aromatic rings. The molecule has 7 heteroatoms. The highest BCUT2D eigenvalue weighted by Gasteiger charge is 2.13. The van der Waals surface area contributed by atoms with Gasteiger partial charge in [-0.3, -0.25) is 0 Å². The van der Waals surface area contributed by atoms with Crippen LogP contribution in [0.3, 0.4) is 0 Å². The van der Waals surface area contributed by atoms with Gasteiger partial charge in [0.1, 0.15) is 10.0 Å². The molecule has 2 aromatic heterocycles. The molecule has 2 rings (SSSR count). The lowest BCUT2D eigenvalue weighted by Gasteiger charge is -2.05. The van der Waals surface area contributed by atoms with Gasteiger partial charge in [0.2, 0.25) is 10.0 Å². The molecular formula is C10H10ClN3O2S. The molecule has 0 spiro atoms. The summed E-state index contributed by atoms with van der Waals surface area (Å²) >= 11 is 5.59. The van der Waals surface area contributed by atoms with Crippen LogP contribution in [-0.2, 0) is 16.6 Å². The molecule has 0 fully saturated rings. The minimum atomic E-state index is -3.54. The Morgan fingerprint density at radius 1 is 1.35 bits per heavy atom. The van der Waals surface area contributed by atoms with Crippen molar-refractivity contribution in [2.24, 2.45) is 0 Å². The van der Waals surface area contributed by atoms with E-state index in [0.29, 0.717) is 0 Å². The maximum atomic E-state index is 11.8. The largest absolute Gasteiger partial charge is 0.367 e. The molecular weight excluding hydrogens is 262 g/mol. The number of nitrogens with one attached hydrogen (secondary N) is 2. The Morgan fingerprint density at radius 3 is 2.76 bits per heavy atom. The number of nitrogens with zero attached hydrogens (tertiary/aromatic N) is 1. The van der Waals surface area contributed by atoms with Crippen molar-refractivity contribution in [1.29, 1.82) is 0 Å². The third-order valence-electron chi connectivity index (χ3n) is 2.14. The third kappa shape index (κ3) is 3.06. The average Bonchev–Trinajstić information content (AvgIpc) is 2.80. The zero-order valence-electron chi connectivity index (χ0n) is 8.72. The summed E-state index contributed by atoms with van der Waals surface area (Å²) in [5, 5.41) is 0.259. The number of rotatable bonds is 4. The van der Waals surface area contributed by atoms with Crippen LogP contribution in [0.25, 0.3) is 0 Å². The summed E-state index contributed by atoms with van der Waals surface area (Å²) < 4.78 is 26.1. The minimum absolute atomic E-state index is 0.0948. The standard InChI is InChI=1S/C10H10ClN3O2S/c11-10-2-1-9(7-13-10)17(15,16)14-6-8-3-4-12-5-8/h1-5,7,12,14H,6H2. The molecule has 90 valence electrons. The summed E-state index contributed by atoms with van der Waals surface area (Å²) in [6.07, 6.45) is 4.68. The minimum Gasteiger partial charge on any atom is -0.367 e. The molecule has 0 saturated carbocycles. The zero-order chi connectivity index (χ0) is 12.3. The maximum Gasteiger partial charge on any atom is 0.242 e. The van der Waals surface area contributed by atoms with E-state index in [9.17, 15) is 8.42 Å². The van der Waals surface area contributed by atoms with Crippen molar-refractivity contribution in [2.45, 2.75) is 11.4 Å². The molecule has 5 nitrogen and oxygen atoms in total. The Balaban J connectivity index is 2.11. The van der Waals surface area contributed by atoms with Crippen LogP contribution in [0.4, 0.5) is 0 Å². The molecule has 0 unspecified atom stereocenters. The fourth-order valence-electron chi connectivity index (χ4n) is 1.25. The van der Waals surface area contributed by atoms with Gasteiger partial charge in [0.25, 0.3) is 0 Å². The van der Waals surface area contributed by atoms with Crippen molar-refractivity contribution in [3.8, 4) is 0 Å². The molecule has 0 bridgehead atoms. The summed E-state index contributed by atoms with van der Waals surface area (Å²) in [5.41, 5.74) is 0.857. The smallest absolute Gasteiger partial charge is 0.242 e. The van der Waals surface area contributed by atoms with Crippen LogP contribution in [0.5, 0.6) is 0 Å². The average molecular weight is 272 g/mol. The number of hydrogen-bond acceptors (Lipinski definition) is 3. The van der Waals surface area contributed by atoms with E-state index < -0.39 is 10.0 Å². The monoisotopic (exact) mass is 271 g/mol. The molecule has 0 aliphatic carbocycles. The first-order valence-electron chi connectivity index (χ1n) is 4.81. The number of hydrogen-bond donors (Lipinski definition) is 2. The van der Waals surface area contributed by atoms with Crippen LogP contribution in [0, 0.1) is 0 Å². The fraction of sp³-hybridized carbons (Fsp3) is 0.100. The molecule has 2 N–H and O–H groups in total. The van der Waals surface area contributed by atoms with E-state index in [-0.39, 0.29) is 16.6 Å². The Labute approximate surface area is 104 Å². The van der Waals surface area contributed by atoms with Crippen molar-refractivity contribution < 1.29 is 8.42 Å². The van der Waals surface area contributed by atoms with E-state index in [1.807, 2.05) is 0 Å². The first-order chi connectivity index (χ1) is 8.08. The van der Waals surface area contributed by atoms with Crippen molar-refractivity contribution >= 4 is 21.6 Å². The fourth-order valence-corrected chi connectivity index (χ4v) is 2.33. The first-order valence-corrected chi connectivity index (χ1v) is 6.67. The number of H-pyrrole nitrogens is 1. The van der Waals surface area contributed by atoms with Crippen molar-refractivity contribution in [1.82, 2.24) is 14.7 Å². The Bertz CT molecular complexity index is 579. The predicted octanol–water partition coefficient (Wildman–Crippen LogP) is 1.54. The second kappa shape index (κ2) is 4.87. The number of aromatic amines is 1. The van der Waals surface area contributed by atoms with Gasteiger partial charge in [0.15, 0.2) is 0 Å². The highest BCUT2D eigenvalue weighted by atomic mass is 35.5. The van der Waals surface area contributed by atoms with Crippen LogP contribution in [0.2, 0.25) is 5.15 Å². The molecule has 0 aliphatic rings. The van der Waals surface area contributed by atoms with E-state index >= 15 is 0 Å². The lowest BCUT2D eigenvalue weighted by atomic mass is 10.4. The third-order valence-corrected chi connectivity index (χ3v) is 3.75. The van der Waals surface area contributed by atoms with Crippen molar-refractivity contribution in [3.63, 3.8) is 0 Å². The van der Waals surface area contributed by atoms with Gasteiger partial charge in [-0.05, 0) is 23.8 Å². The van der Waals surface area contributed by atoms with Crippen LogP contribution >= 0.6 is 11.6 Å². The van der Waals surface area contributed by atoms with E-state index in [2.05, 4.69) is 14.7 Å². The van der Waals surface area contributed by atoms with Crippen molar-refractivity contribution in [2.75, 3.05) is 0 Å². The lowest BCUT2D eigenvalue weighted by Crippen LogP contribution is -2.23. The molecule has 0 aromatic carbocycles. The van der Waals surface area contributed by atoms with Crippen molar-refractivity contribution in [3.05, 3.63) is 47.5 Å². The number of halogens is 1. The van der Waals surface area contributed by atoms with E-state index in [1.54, 1.807) is 18.5 Å². The second-order valence-corrected chi connectivity index (χ2v) is 5.51. The predicted molar refractivity (Wildman–Crippen MR) is 64.1 cm³/mol. The number of pyridine rings is 1. The Kier molecular flexibility index (Phi) is 3.46. The molecule has 0 saturated heterocycles. The van der Waals surface area contributed by atoms with E-state index in [0.717, 1.165) is 5.56 Å². The normalized spacial score (nSPS) is 11.6.